The summed E-state index contributed by atoms with van der Waals surface area (Å²) in [6, 6.07) is 7.18. The molecule has 0 unspecified atom stereocenters. The van der Waals surface area contributed by atoms with Gasteiger partial charge in [-0.05, 0) is 18.2 Å². The van der Waals surface area contributed by atoms with E-state index in [0.29, 0.717) is 16.9 Å². The Morgan fingerprint density at radius 2 is 2.21 bits per heavy atom. The molecule has 14 heavy (non-hydrogen) atoms. The molecular formula is C11H8ClNO. The molecule has 0 fully saturated rings. The molecule has 1 rings (SSSR count). The highest BCUT2D eigenvalue weighted by Crippen LogP contribution is 2.15. The quantitative estimate of drug-likeness (QED) is 0.520. The fourth-order valence-electron chi connectivity index (χ4n) is 0.980. The Balaban J connectivity index is 3.16. The highest BCUT2D eigenvalue weighted by atomic mass is 35.5. The second-order valence-electron chi connectivity index (χ2n) is 2.46. The van der Waals surface area contributed by atoms with Gasteiger partial charge in [0, 0.05) is 5.56 Å². The van der Waals surface area contributed by atoms with Crippen LogP contribution in [0.1, 0.15) is 11.1 Å². The molecule has 0 aliphatic rings. The SMILES string of the molecule is COc1ccc(C#N)c(C#CCCl)c1. The molecule has 0 aromatic heterocycles. The Morgan fingerprint density at radius 1 is 1.43 bits per heavy atom. The monoisotopic (exact) mass is 205 g/mol. The lowest BCUT2D eigenvalue weighted by Crippen LogP contribution is -1.87. The number of halogens is 1. The molecule has 2 nitrogen and oxygen atoms in total. The van der Waals surface area contributed by atoms with E-state index < -0.39 is 0 Å². The van der Waals surface area contributed by atoms with Crippen LogP contribution in [0.5, 0.6) is 5.75 Å². The number of hydrogen-bond donors (Lipinski definition) is 0. The molecule has 0 heterocycles. The van der Waals surface area contributed by atoms with Crippen LogP contribution < -0.4 is 4.74 Å². The predicted octanol–water partition coefficient (Wildman–Crippen LogP) is 2.16. The van der Waals surface area contributed by atoms with E-state index in [1.165, 1.54) is 0 Å². The Labute approximate surface area is 88.1 Å². The van der Waals surface area contributed by atoms with Crippen molar-refractivity contribution in [3.05, 3.63) is 29.3 Å². The lowest BCUT2D eigenvalue weighted by atomic mass is 10.1. The molecule has 0 aliphatic heterocycles. The van der Waals surface area contributed by atoms with Crippen molar-refractivity contribution in [2.75, 3.05) is 13.0 Å². The maximum absolute atomic E-state index is 8.79. The average Bonchev–Trinajstić information content (AvgIpc) is 2.25. The van der Waals surface area contributed by atoms with Crippen LogP contribution >= 0.6 is 11.6 Å². The van der Waals surface area contributed by atoms with Crippen molar-refractivity contribution in [1.82, 2.24) is 0 Å². The molecule has 1 aromatic rings. The zero-order valence-corrected chi connectivity index (χ0v) is 8.43. The minimum atomic E-state index is 0.252. The third-order valence-electron chi connectivity index (χ3n) is 1.64. The zero-order valence-electron chi connectivity index (χ0n) is 7.67. The number of rotatable bonds is 1. The highest BCUT2D eigenvalue weighted by molar-refractivity contribution is 6.19. The van der Waals surface area contributed by atoms with E-state index >= 15 is 0 Å². The van der Waals surface area contributed by atoms with Gasteiger partial charge in [-0.3, -0.25) is 0 Å². The standard InChI is InChI=1S/C11H8ClNO/c1-14-11-5-4-10(8-13)9(7-11)3-2-6-12/h4-5,7H,6H2,1H3. The maximum Gasteiger partial charge on any atom is 0.120 e. The van der Waals surface area contributed by atoms with Gasteiger partial charge in [-0.25, -0.2) is 0 Å². The molecule has 0 spiro atoms. The van der Waals surface area contributed by atoms with Crippen molar-refractivity contribution >= 4 is 11.6 Å². The van der Waals surface area contributed by atoms with E-state index in [4.69, 9.17) is 21.6 Å². The maximum atomic E-state index is 8.79. The Morgan fingerprint density at radius 3 is 2.79 bits per heavy atom. The number of nitrogens with zero attached hydrogens (tertiary/aromatic N) is 1. The van der Waals surface area contributed by atoms with Gasteiger partial charge in [-0.1, -0.05) is 11.8 Å². The van der Waals surface area contributed by atoms with E-state index in [0.717, 1.165) is 0 Å². The molecular weight excluding hydrogens is 198 g/mol. The van der Waals surface area contributed by atoms with Crippen molar-refractivity contribution in [3.8, 4) is 23.7 Å². The summed E-state index contributed by atoms with van der Waals surface area (Å²) in [4.78, 5) is 0. The van der Waals surface area contributed by atoms with Gasteiger partial charge in [0.05, 0.1) is 18.6 Å². The summed E-state index contributed by atoms with van der Waals surface area (Å²) in [5.74, 6) is 6.44. The van der Waals surface area contributed by atoms with Gasteiger partial charge in [0.15, 0.2) is 0 Å². The summed E-state index contributed by atoms with van der Waals surface area (Å²) in [6.07, 6.45) is 0. The van der Waals surface area contributed by atoms with Gasteiger partial charge in [0.25, 0.3) is 0 Å². The van der Waals surface area contributed by atoms with Crippen LogP contribution in [0.15, 0.2) is 18.2 Å². The van der Waals surface area contributed by atoms with Crippen molar-refractivity contribution in [3.63, 3.8) is 0 Å². The third kappa shape index (κ3) is 2.42. The Kier molecular flexibility index (Phi) is 3.85. The molecule has 0 bridgehead atoms. The number of alkyl halides is 1. The van der Waals surface area contributed by atoms with Crippen molar-refractivity contribution in [1.29, 1.82) is 5.26 Å². The normalized spacial score (nSPS) is 8.36. The summed E-state index contributed by atoms with van der Waals surface area (Å²) in [5.41, 5.74) is 1.18. The van der Waals surface area contributed by atoms with Crippen LogP contribution in [0.4, 0.5) is 0 Å². The van der Waals surface area contributed by atoms with Crippen LogP contribution in [0, 0.1) is 23.2 Å². The van der Waals surface area contributed by atoms with E-state index in [9.17, 15) is 0 Å². The topological polar surface area (TPSA) is 33.0 Å². The van der Waals surface area contributed by atoms with E-state index in [1.54, 1.807) is 25.3 Å². The summed E-state index contributed by atoms with van der Waals surface area (Å²) >= 11 is 5.43. The minimum absolute atomic E-state index is 0.252. The van der Waals surface area contributed by atoms with Crippen molar-refractivity contribution in [2.24, 2.45) is 0 Å². The largest absolute Gasteiger partial charge is 0.497 e. The first-order valence-corrected chi connectivity index (χ1v) is 4.48. The first-order valence-electron chi connectivity index (χ1n) is 3.94. The highest BCUT2D eigenvalue weighted by Gasteiger charge is 2.00. The molecule has 0 radical (unpaired) electrons. The van der Waals surface area contributed by atoms with E-state index in [1.807, 2.05) is 0 Å². The van der Waals surface area contributed by atoms with Gasteiger partial charge < -0.3 is 4.74 Å². The number of methoxy groups -OCH3 is 1. The van der Waals surface area contributed by atoms with Crippen LogP contribution in [-0.4, -0.2) is 13.0 Å². The number of benzene rings is 1. The molecule has 0 saturated carbocycles. The first kappa shape index (κ1) is 10.4. The summed E-state index contributed by atoms with van der Waals surface area (Å²) in [7, 11) is 1.57. The van der Waals surface area contributed by atoms with Gasteiger partial charge in [-0.15, -0.1) is 11.6 Å². The zero-order chi connectivity index (χ0) is 10.4. The van der Waals surface area contributed by atoms with Gasteiger partial charge in [0.2, 0.25) is 0 Å². The molecule has 70 valence electrons. The summed E-state index contributed by atoms with van der Waals surface area (Å²) in [5, 5.41) is 8.79. The molecule has 0 amide bonds. The molecule has 0 aliphatic carbocycles. The number of ether oxygens (including phenoxy) is 1. The van der Waals surface area contributed by atoms with Gasteiger partial charge >= 0.3 is 0 Å². The Bertz CT molecular complexity index is 423. The fraction of sp³-hybridized carbons (Fsp3) is 0.182. The van der Waals surface area contributed by atoms with Crippen LogP contribution in [0.3, 0.4) is 0 Å². The molecule has 3 heteroatoms. The molecule has 0 saturated heterocycles. The predicted molar refractivity (Wildman–Crippen MR) is 55.3 cm³/mol. The van der Waals surface area contributed by atoms with Gasteiger partial charge in [0.1, 0.15) is 11.8 Å². The molecule has 1 aromatic carbocycles. The number of hydrogen-bond acceptors (Lipinski definition) is 2. The summed E-state index contributed by atoms with van der Waals surface area (Å²) in [6.45, 7) is 0. The van der Waals surface area contributed by atoms with Crippen LogP contribution in [0.25, 0.3) is 0 Å². The second kappa shape index (κ2) is 5.17. The average molecular weight is 206 g/mol. The lowest BCUT2D eigenvalue weighted by molar-refractivity contribution is 0.414. The second-order valence-corrected chi connectivity index (χ2v) is 2.73. The number of nitriles is 1. The third-order valence-corrected chi connectivity index (χ3v) is 1.77. The van der Waals surface area contributed by atoms with Crippen LogP contribution in [-0.2, 0) is 0 Å². The Hall–Kier alpha value is -1.64. The fourth-order valence-corrected chi connectivity index (χ4v) is 1.05. The van der Waals surface area contributed by atoms with Gasteiger partial charge in [-0.2, -0.15) is 5.26 Å². The first-order chi connectivity index (χ1) is 6.81. The summed E-state index contributed by atoms with van der Waals surface area (Å²) < 4.78 is 5.02. The van der Waals surface area contributed by atoms with E-state index in [2.05, 4.69) is 17.9 Å². The van der Waals surface area contributed by atoms with Crippen molar-refractivity contribution in [2.45, 2.75) is 0 Å². The van der Waals surface area contributed by atoms with E-state index in [-0.39, 0.29) is 5.88 Å². The lowest BCUT2D eigenvalue weighted by Gasteiger charge is -2.00. The molecule has 0 N–H and O–H groups in total. The van der Waals surface area contributed by atoms with Crippen LogP contribution in [0.2, 0.25) is 0 Å². The smallest absolute Gasteiger partial charge is 0.120 e. The van der Waals surface area contributed by atoms with Crippen molar-refractivity contribution < 1.29 is 4.74 Å². The molecule has 0 atom stereocenters. The minimum Gasteiger partial charge on any atom is -0.497 e.